The van der Waals surface area contributed by atoms with Crippen LogP contribution in [0.2, 0.25) is 0 Å². The Labute approximate surface area is 374 Å². The number of aliphatic hydroxyl groups is 30. The Hall–Kier alpha value is -1.33. The average Bonchev–Trinajstić information content (AvgIpc) is 3.34. The predicted molar refractivity (Wildman–Crippen MR) is 216 cm³/mol. The largest absolute Gasteiger partial charge is 0.394 e. The van der Waals surface area contributed by atoms with Gasteiger partial charge < -0.3 is 153 Å². The molecule has 0 saturated heterocycles. The van der Waals surface area contributed by atoms with E-state index in [4.69, 9.17) is 171 Å². The van der Waals surface area contributed by atoms with Crippen LogP contribution in [-0.2, 0) is 10.4 Å². The van der Waals surface area contributed by atoms with Gasteiger partial charge in [0, 0.05) is 0 Å². The highest BCUT2D eigenvalue weighted by atomic mass is 32.3. The summed E-state index contributed by atoms with van der Waals surface area (Å²) in [7, 11) is -4.67. The van der Waals surface area contributed by atoms with Crippen molar-refractivity contribution in [1.82, 2.24) is 0 Å². The van der Waals surface area contributed by atoms with Crippen LogP contribution in [-0.4, -0.2) is 364 Å². The lowest BCUT2D eigenvalue weighted by molar-refractivity contribution is 0.0450. The summed E-state index contributed by atoms with van der Waals surface area (Å²) in [5.41, 5.74) is 0. The summed E-state index contributed by atoms with van der Waals surface area (Å²) < 4.78 is 31.6. The Morgan fingerprint density at radius 3 is 0.215 bits per heavy atom. The first-order chi connectivity index (χ1) is 30.1. The second-order valence-electron chi connectivity index (χ2n) is 10.6. The van der Waals surface area contributed by atoms with E-state index in [1.54, 1.807) is 0 Å². The Bertz CT molecular complexity index is 614. The highest BCUT2D eigenvalue weighted by Gasteiger charge is 1.98. The fourth-order valence-corrected chi connectivity index (χ4v) is 0.577. The lowest BCUT2D eigenvalue weighted by Gasteiger charge is -1.96. The van der Waals surface area contributed by atoms with Gasteiger partial charge in [0.25, 0.3) is 0 Å². The first-order valence-electron chi connectivity index (χ1n) is 17.8. The summed E-state index contributed by atoms with van der Waals surface area (Å²) in [6, 6.07) is 0. The van der Waals surface area contributed by atoms with E-state index in [0.29, 0.717) is 0 Å². The van der Waals surface area contributed by atoms with Crippen LogP contribution < -0.4 is 0 Å². The topological polar surface area (TPSA) is 682 Å². The second kappa shape index (κ2) is 79.7. The molecule has 0 radical (unpaired) electrons. The molecule has 0 bridgehead atoms. The molecule has 0 unspecified atom stereocenters. The molecule has 0 aromatic heterocycles. The van der Waals surface area contributed by atoms with Gasteiger partial charge in [-0.25, -0.2) is 0 Å². The van der Waals surface area contributed by atoms with Crippen molar-refractivity contribution in [2.24, 2.45) is 0 Å². The highest BCUT2D eigenvalue weighted by molar-refractivity contribution is 7.79. The SMILES string of the molecule is O=S(=O)(O)O.OCC(O)CO.OCC(O)CO.OCC(O)CO.OCC(O)CO.OCC(O)CO.OCC(O)CO.OCC(O)CO.OCC(O)CO.OCC(O)CO.OCC(O)CO. The molecule has 412 valence electrons. The minimum Gasteiger partial charge on any atom is -0.394 e. The Morgan fingerprint density at radius 1 is 0.185 bits per heavy atom. The smallest absolute Gasteiger partial charge is 0.394 e. The van der Waals surface area contributed by atoms with Gasteiger partial charge in [0.15, 0.2) is 0 Å². The van der Waals surface area contributed by atoms with Gasteiger partial charge in [-0.2, -0.15) is 8.42 Å². The molecule has 35 heteroatoms. The molecule has 0 spiro atoms. The van der Waals surface area contributed by atoms with Gasteiger partial charge >= 0.3 is 10.4 Å². The fourth-order valence-electron chi connectivity index (χ4n) is 0.577. The molecular weight excluding hydrogens is 936 g/mol. The fraction of sp³-hybridized carbons (Fsp3) is 1.00. The Balaban J connectivity index is -0.0000000548. The molecule has 0 aliphatic carbocycles. The summed E-state index contributed by atoms with van der Waals surface area (Å²) in [5.74, 6) is 0. The van der Waals surface area contributed by atoms with Gasteiger partial charge in [-0.05, 0) is 0 Å². The zero-order valence-electron chi connectivity index (χ0n) is 35.5. The van der Waals surface area contributed by atoms with E-state index in [9.17, 15) is 0 Å². The average molecular weight is 1020 g/mol. The highest BCUT2D eigenvalue weighted by Crippen LogP contribution is 1.76. The normalized spacial score (nSPS) is 10.1. The van der Waals surface area contributed by atoms with Crippen LogP contribution in [0.5, 0.6) is 0 Å². The van der Waals surface area contributed by atoms with E-state index in [-0.39, 0.29) is 132 Å². The standard InChI is InChI=1S/10C3H8O3.H2O4S/c10*4-1-3(6)2-5;1-5(2,3)4/h10*3-6H,1-2H2;(H2,1,2,3,4). The maximum Gasteiger partial charge on any atom is 0.394 e. The zero-order valence-corrected chi connectivity index (χ0v) is 36.3. The number of rotatable bonds is 20. The molecule has 0 saturated carbocycles. The molecule has 0 aliphatic rings. The molecule has 0 aliphatic heterocycles. The van der Waals surface area contributed by atoms with Gasteiger partial charge in [0.2, 0.25) is 0 Å². The van der Waals surface area contributed by atoms with E-state index in [1.807, 2.05) is 0 Å². The van der Waals surface area contributed by atoms with E-state index >= 15 is 0 Å². The molecule has 0 amide bonds. The number of hydrogen-bond acceptors (Lipinski definition) is 32. The first-order valence-corrected chi connectivity index (χ1v) is 19.2. The predicted octanol–water partition coefficient (Wildman–Crippen LogP) is -17.3. The Kier molecular flexibility index (Phi) is 111. The lowest BCUT2D eigenvalue weighted by Crippen LogP contribution is -2.15. The summed E-state index contributed by atoms with van der Waals surface area (Å²) in [4.78, 5) is 0. The maximum atomic E-state index is 8.74. The quantitative estimate of drug-likeness (QED) is 0.0504. The van der Waals surface area contributed by atoms with Crippen LogP contribution >= 0.6 is 0 Å². The van der Waals surface area contributed by atoms with Crippen LogP contribution in [0.4, 0.5) is 0 Å². The minimum atomic E-state index is -4.67. The van der Waals surface area contributed by atoms with Gasteiger partial charge in [0.1, 0.15) is 61.0 Å². The third-order valence-corrected chi connectivity index (χ3v) is 4.21. The van der Waals surface area contributed by atoms with Crippen molar-refractivity contribution in [3.8, 4) is 0 Å². The van der Waals surface area contributed by atoms with Crippen LogP contribution in [0, 0.1) is 0 Å². The van der Waals surface area contributed by atoms with Gasteiger partial charge in [-0.1, -0.05) is 0 Å². The van der Waals surface area contributed by atoms with Gasteiger partial charge in [0.05, 0.1) is 132 Å². The first kappa shape index (κ1) is 90.1. The molecule has 0 fully saturated rings. The molecule has 65 heavy (non-hydrogen) atoms. The minimum absolute atomic E-state index is 0.365. The summed E-state index contributed by atoms with van der Waals surface area (Å²) in [6.07, 6.45) is -9.54. The molecule has 34 nitrogen and oxygen atoms in total. The van der Waals surface area contributed by atoms with Crippen molar-refractivity contribution in [3.63, 3.8) is 0 Å². The molecule has 0 atom stereocenters. The summed E-state index contributed by atoms with van der Waals surface area (Å²) >= 11 is 0. The second-order valence-corrected chi connectivity index (χ2v) is 11.5. The van der Waals surface area contributed by atoms with Gasteiger partial charge in [-0.3, -0.25) is 9.11 Å². The van der Waals surface area contributed by atoms with Crippen LogP contribution in [0.3, 0.4) is 0 Å². The van der Waals surface area contributed by atoms with Crippen LogP contribution in [0.15, 0.2) is 0 Å². The molecule has 0 aromatic carbocycles. The summed E-state index contributed by atoms with van der Waals surface area (Å²) in [6.45, 7) is -7.29. The zero-order chi connectivity index (χ0) is 54.4. The molecule has 0 aromatic rings. The monoisotopic (exact) mass is 1020 g/mol. The van der Waals surface area contributed by atoms with Crippen molar-refractivity contribution in [3.05, 3.63) is 0 Å². The lowest BCUT2D eigenvalue weighted by atomic mass is 10.4. The third-order valence-electron chi connectivity index (χ3n) is 4.21. The number of hydrogen-bond donors (Lipinski definition) is 32. The number of aliphatic hydroxyl groups excluding tert-OH is 30. The van der Waals surface area contributed by atoms with E-state index in [1.165, 1.54) is 0 Å². The molecular formula is C30H82O34S. The van der Waals surface area contributed by atoms with Crippen LogP contribution in [0.1, 0.15) is 0 Å². The van der Waals surface area contributed by atoms with Crippen molar-refractivity contribution >= 4 is 10.4 Å². The van der Waals surface area contributed by atoms with E-state index in [2.05, 4.69) is 0 Å². The van der Waals surface area contributed by atoms with Crippen molar-refractivity contribution < 1.29 is 171 Å². The Morgan fingerprint density at radius 2 is 0.215 bits per heavy atom. The van der Waals surface area contributed by atoms with E-state index in [0.717, 1.165) is 0 Å². The van der Waals surface area contributed by atoms with Crippen LogP contribution in [0.25, 0.3) is 0 Å². The van der Waals surface area contributed by atoms with Crippen molar-refractivity contribution in [1.29, 1.82) is 0 Å². The molecule has 0 rings (SSSR count). The molecule has 0 heterocycles. The van der Waals surface area contributed by atoms with Crippen molar-refractivity contribution in [2.45, 2.75) is 61.0 Å². The third kappa shape index (κ3) is 154. The summed E-state index contributed by atoms with van der Waals surface area (Å²) in [5, 5.41) is 240. The molecule has 32 N–H and O–H groups in total. The van der Waals surface area contributed by atoms with Crippen molar-refractivity contribution in [2.75, 3.05) is 132 Å². The van der Waals surface area contributed by atoms with E-state index < -0.39 is 71.4 Å². The van der Waals surface area contributed by atoms with Gasteiger partial charge in [-0.15, -0.1) is 0 Å². The maximum absolute atomic E-state index is 8.74.